The molecule has 0 radical (unpaired) electrons. The normalized spacial score (nSPS) is 23.5. The monoisotopic (exact) mass is 664 g/mol. The van der Waals surface area contributed by atoms with E-state index in [-0.39, 0.29) is 69.4 Å². The average Bonchev–Trinajstić information content (AvgIpc) is 3.35. The van der Waals surface area contributed by atoms with Crippen LogP contribution >= 0.6 is 23.2 Å². The zero-order valence-electron chi connectivity index (χ0n) is 26.0. The molecule has 0 spiro atoms. The number of hydrogen-bond acceptors (Lipinski definition) is 5. The topological polar surface area (TPSA) is 81.6 Å². The van der Waals surface area contributed by atoms with Crippen molar-refractivity contribution in [2.45, 2.75) is 69.1 Å². The van der Waals surface area contributed by atoms with Crippen molar-refractivity contribution < 1.29 is 72.1 Å². The van der Waals surface area contributed by atoms with Crippen molar-refractivity contribution in [2.24, 2.45) is 10.9 Å². The Labute approximate surface area is 315 Å². The van der Waals surface area contributed by atoms with Gasteiger partial charge in [-0.05, 0) is 95.3 Å². The van der Waals surface area contributed by atoms with E-state index in [1.54, 1.807) is 6.07 Å². The molecule has 0 bridgehead atoms. The minimum atomic E-state index is -4.54. The van der Waals surface area contributed by atoms with Crippen LogP contribution in [0.2, 0.25) is 0 Å². The number of hydrogen-bond donors (Lipinski definition) is 1. The molecule has 6 rings (SSSR count). The summed E-state index contributed by atoms with van der Waals surface area (Å²) in [4.78, 5) is 4.64. The number of rotatable bonds is 4. The van der Waals surface area contributed by atoms with Crippen LogP contribution in [0.3, 0.4) is 0 Å². The quantitative estimate of drug-likeness (QED) is 0.310. The molecule has 1 atom stereocenters. The molecule has 0 amide bonds. The fourth-order valence-corrected chi connectivity index (χ4v) is 7.82. The van der Waals surface area contributed by atoms with Gasteiger partial charge in [0.05, 0.1) is 4.90 Å². The Morgan fingerprint density at radius 2 is 1.70 bits per heavy atom. The molecule has 44 heavy (non-hydrogen) atoms. The average molecular weight is 666 g/mol. The maximum absolute atomic E-state index is 11.6. The second kappa shape index (κ2) is 13.3. The summed E-state index contributed by atoms with van der Waals surface area (Å²) in [6, 6.07) is 13.5. The number of allylic oxidation sites excluding steroid dienone is 10. The van der Waals surface area contributed by atoms with Gasteiger partial charge in [-0.25, -0.2) is 8.42 Å². The van der Waals surface area contributed by atoms with E-state index in [0.717, 1.165) is 75.8 Å². The number of benzene rings is 2. The van der Waals surface area contributed by atoms with Crippen LogP contribution in [0.15, 0.2) is 103 Å². The Morgan fingerprint density at radius 1 is 0.977 bits per heavy atom. The van der Waals surface area contributed by atoms with Crippen LogP contribution in [0.1, 0.15) is 64.5 Å². The van der Waals surface area contributed by atoms with Crippen molar-refractivity contribution >= 4 is 50.4 Å². The molecule has 1 unspecified atom stereocenters. The zero-order chi connectivity index (χ0) is 30.0. The third-order valence-electron chi connectivity index (χ3n) is 9.15. The Hall–Kier alpha value is -0.900. The summed E-state index contributed by atoms with van der Waals surface area (Å²) in [7, 11) is -4.54. The number of halogens is 2. The predicted molar refractivity (Wildman–Crippen MR) is 169 cm³/mol. The molecule has 0 fully saturated rings. The van der Waals surface area contributed by atoms with Crippen molar-refractivity contribution in [1.29, 1.82) is 0 Å². The number of nitrogens with zero attached hydrogens (tertiary/aromatic N) is 1. The number of fused-ring (bicyclic) bond motifs is 3. The molecule has 0 saturated heterocycles. The summed E-state index contributed by atoms with van der Waals surface area (Å²) in [6.45, 7) is 8.36. The molecule has 0 aromatic heterocycles. The maximum atomic E-state index is 11.6. The summed E-state index contributed by atoms with van der Waals surface area (Å²) in [5.41, 5.74) is 8.00. The molecular formula is C34H32Cl2N2Na2O3S. The van der Waals surface area contributed by atoms with Crippen LogP contribution in [0.4, 0.5) is 11.4 Å². The van der Waals surface area contributed by atoms with Gasteiger partial charge in [0.25, 0.3) is 0 Å². The molecule has 4 aliphatic rings. The molecule has 10 heteroatoms. The van der Waals surface area contributed by atoms with Gasteiger partial charge in [0.1, 0.15) is 10.1 Å². The molecule has 218 valence electrons. The summed E-state index contributed by atoms with van der Waals surface area (Å²) >= 11 is 14.1. The Kier molecular flexibility index (Phi) is 10.9. The van der Waals surface area contributed by atoms with E-state index in [1.165, 1.54) is 17.7 Å². The fraction of sp³-hybridized carbons (Fsp3) is 0.324. The van der Waals surface area contributed by atoms with Gasteiger partial charge in [0.15, 0.2) is 0 Å². The van der Waals surface area contributed by atoms with Crippen LogP contribution in [-0.2, 0) is 20.9 Å². The smallest absolute Gasteiger partial charge is 0.744 e. The first-order valence-electron chi connectivity index (χ1n) is 14.1. The van der Waals surface area contributed by atoms with E-state index in [2.05, 4.69) is 37.4 Å². The summed E-state index contributed by atoms with van der Waals surface area (Å²) in [6.07, 6.45) is 11.9. The molecular weight excluding hydrogens is 633 g/mol. The first kappa shape index (κ1) is 35.9. The summed E-state index contributed by atoms with van der Waals surface area (Å²) in [5, 5.41) is 4.82. The Balaban J connectivity index is 0.00000221. The van der Waals surface area contributed by atoms with Crippen molar-refractivity contribution in [3.8, 4) is 0 Å². The Bertz CT molecular complexity index is 1820. The van der Waals surface area contributed by atoms with Gasteiger partial charge in [0, 0.05) is 32.6 Å². The fourth-order valence-electron chi connectivity index (χ4n) is 6.46. The summed E-state index contributed by atoms with van der Waals surface area (Å²) in [5.74, 6) is 0.324. The summed E-state index contributed by atoms with van der Waals surface area (Å²) < 4.78 is 34.8. The van der Waals surface area contributed by atoms with Crippen LogP contribution in [0.25, 0.3) is 0 Å². The minimum Gasteiger partial charge on any atom is -0.744 e. The van der Waals surface area contributed by atoms with E-state index in [4.69, 9.17) is 28.2 Å². The van der Waals surface area contributed by atoms with Crippen molar-refractivity contribution in [2.75, 3.05) is 5.32 Å². The first-order chi connectivity index (χ1) is 19.8. The van der Waals surface area contributed by atoms with E-state index in [1.807, 2.05) is 44.2 Å². The van der Waals surface area contributed by atoms with Gasteiger partial charge >= 0.3 is 59.1 Å². The molecule has 5 nitrogen and oxygen atoms in total. The molecule has 2 aromatic rings. The van der Waals surface area contributed by atoms with Crippen LogP contribution in [-0.4, -0.2) is 18.7 Å². The predicted octanol–water partition coefficient (Wildman–Crippen LogP) is 2.72. The third kappa shape index (κ3) is 6.47. The van der Waals surface area contributed by atoms with Gasteiger partial charge in [-0.1, -0.05) is 63.0 Å². The molecule has 1 N–H and O–H groups in total. The molecule has 0 saturated carbocycles. The first-order valence-corrected chi connectivity index (χ1v) is 16.3. The largest absolute Gasteiger partial charge is 1.00 e. The SMILES string of the molecule is CC1(C)C(/C=C/C2=C(Cl)C3=C(Cl)/C(=C/C=C4/Nc5ccc(S(=O)(=O)[O-])cc5C4(C)C)CCC3CC2)=Nc2cc[c-]cc21.[Na+].[Na+]. The van der Waals surface area contributed by atoms with E-state index in [9.17, 15) is 13.0 Å². The number of anilines is 1. The van der Waals surface area contributed by atoms with E-state index >= 15 is 0 Å². The van der Waals surface area contributed by atoms with Gasteiger partial charge in [-0.15, -0.1) is 11.6 Å². The van der Waals surface area contributed by atoms with Crippen LogP contribution in [0.5, 0.6) is 0 Å². The standard InChI is InChI=1S/C34H33Cl2N2O3S.2Na/c1-33(2)24-7-5-6-8-26(24)37-28(33)17-13-21-11-9-20-10-12-22(32(36)30(20)31(21)35)14-18-29-34(3,4)25-19-23(42(39,40)41)15-16-27(25)38-29;;/h6-8,13-20,38H,9-12H2,1-4H3,(H,39,40,41);;/q-1;2*+1/p-1/b17-13+,22-14+,29-18+;;. The molecule has 2 aliphatic carbocycles. The second-order valence-electron chi connectivity index (χ2n) is 12.4. The van der Waals surface area contributed by atoms with E-state index < -0.39 is 15.5 Å². The van der Waals surface area contributed by atoms with Crippen molar-refractivity contribution in [3.05, 3.63) is 110 Å². The van der Waals surface area contributed by atoms with Crippen molar-refractivity contribution in [1.82, 2.24) is 0 Å². The number of nitrogens with one attached hydrogen (secondary N) is 1. The zero-order valence-corrected chi connectivity index (χ0v) is 32.3. The third-order valence-corrected chi connectivity index (χ3v) is 10.9. The van der Waals surface area contributed by atoms with Gasteiger partial charge < -0.3 is 9.87 Å². The molecule has 2 aliphatic heterocycles. The van der Waals surface area contributed by atoms with Crippen molar-refractivity contribution in [3.63, 3.8) is 0 Å². The molecule has 2 heterocycles. The Morgan fingerprint density at radius 3 is 2.41 bits per heavy atom. The minimum absolute atomic E-state index is 0. The van der Waals surface area contributed by atoms with Crippen LogP contribution < -0.4 is 64.4 Å². The molecule has 2 aromatic carbocycles. The van der Waals surface area contributed by atoms with Gasteiger partial charge in [-0.3, -0.25) is 4.99 Å². The van der Waals surface area contributed by atoms with Gasteiger partial charge in [-0.2, -0.15) is 18.2 Å². The second-order valence-corrected chi connectivity index (χ2v) is 14.6. The maximum Gasteiger partial charge on any atom is 1.00 e. The number of aliphatic imine (C=N–C) groups is 1. The van der Waals surface area contributed by atoms with Gasteiger partial charge in [0.2, 0.25) is 0 Å². The van der Waals surface area contributed by atoms with E-state index in [0.29, 0.717) is 11.0 Å². The van der Waals surface area contributed by atoms with Crippen LogP contribution in [0, 0.1) is 12.0 Å².